The highest BCUT2D eigenvalue weighted by atomic mass is 32.2. The molecule has 1 rings (SSSR count). The summed E-state index contributed by atoms with van der Waals surface area (Å²) < 4.78 is 27.7. The highest BCUT2D eigenvalue weighted by molar-refractivity contribution is 7.81. The normalized spacial score (nSPS) is 34.6. The lowest BCUT2D eigenvalue weighted by atomic mass is 10.1. The Kier molecular flexibility index (Phi) is 3.08. The predicted octanol–water partition coefficient (Wildman–Crippen LogP) is 1.33. The van der Waals surface area contributed by atoms with Crippen molar-refractivity contribution in [2.45, 2.75) is 45.8 Å². The molecule has 1 aliphatic rings. The number of hydrogen-bond acceptors (Lipinski definition) is 4. The molecule has 1 saturated heterocycles. The van der Waals surface area contributed by atoms with E-state index in [4.69, 9.17) is 4.18 Å². The van der Waals surface area contributed by atoms with Crippen LogP contribution in [0.3, 0.4) is 0 Å². The molecule has 1 fully saturated rings. The van der Waals surface area contributed by atoms with Gasteiger partial charge in [0.1, 0.15) is 12.1 Å². The summed E-state index contributed by atoms with van der Waals surface area (Å²) in [6.45, 7) is 6.40. The first-order valence-corrected chi connectivity index (χ1v) is 6.46. The number of amides is 1. The topological polar surface area (TPSA) is 80.7 Å². The van der Waals surface area contributed by atoms with Crippen LogP contribution in [-0.2, 0) is 14.5 Å². The van der Waals surface area contributed by atoms with Crippen LogP contribution in [0.4, 0.5) is 4.79 Å². The van der Waals surface area contributed by atoms with Crippen molar-refractivity contribution in [3.63, 3.8) is 0 Å². The monoisotopic (exact) mass is 252 g/mol. The van der Waals surface area contributed by atoms with Crippen molar-refractivity contribution in [2.24, 2.45) is 0 Å². The second-order valence-electron chi connectivity index (χ2n) is 5.04. The molecule has 1 heterocycles. The van der Waals surface area contributed by atoms with Crippen LogP contribution in [0.15, 0.2) is 0 Å². The van der Waals surface area contributed by atoms with Crippen LogP contribution in [-0.4, -0.2) is 41.7 Å². The summed E-state index contributed by atoms with van der Waals surface area (Å²) in [6.07, 6.45) is -1.44. The van der Waals surface area contributed by atoms with E-state index in [-0.39, 0.29) is 6.54 Å². The van der Waals surface area contributed by atoms with Gasteiger partial charge in [0.25, 0.3) is 0 Å². The summed E-state index contributed by atoms with van der Waals surface area (Å²) in [5.41, 5.74) is -0.967. The average Bonchev–Trinajstić information content (AvgIpc) is 1.97. The molecular weight excluding hydrogens is 234 g/mol. The summed E-state index contributed by atoms with van der Waals surface area (Å²) in [5, 5.41) is 9.26. The molecule has 1 aliphatic heterocycles. The van der Waals surface area contributed by atoms with Gasteiger partial charge in [-0.1, -0.05) is 3.89 Å². The third-order valence-electron chi connectivity index (χ3n) is 2.91. The minimum absolute atomic E-state index is 0.0301. The van der Waals surface area contributed by atoms with E-state index < -0.39 is 31.9 Å². The summed E-state index contributed by atoms with van der Waals surface area (Å²) in [7, 11) is -4.15. The van der Waals surface area contributed by atoms with Crippen molar-refractivity contribution in [2.75, 3.05) is 6.54 Å². The molecule has 0 aromatic carbocycles. The number of carbonyl (C=O) groups is 1. The molecule has 94 valence electrons. The van der Waals surface area contributed by atoms with Crippen molar-refractivity contribution < 1.29 is 26.4 Å². The lowest BCUT2D eigenvalue weighted by molar-refractivity contribution is -0.794. The van der Waals surface area contributed by atoms with Gasteiger partial charge in [0.05, 0.1) is 6.10 Å². The van der Waals surface area contributed by atoms with Crippen LogP contribution in [0.1, 0.15) is 34.1 Å². The largest absolute Gasteiger partial charge is 0.531 e. The summed E-state index contributed by atoms with van der Waals surface area (Å²) in [4.78, 5) is 11.4. The standard InChI is InChI=1S/C9H17NO5S/c1-7-5-6-10(8(11)12,9(2,3)4)16(13,14)15-7/h7H,5-6H2,1-4H3/p+1/t7-,10?/m1/s1. The van der Waals surface area contributed by atoms with Gasteiger partial charge < -0.3 is 5.11 Å². The Hall–Kier alpha value is -0.660. The fourth-order valence-corrected chi connectivity index (χ4v) is 3.80. The van der Waals surface area contributed by atoms with E-state index in [9.17, 15) is 18.3 Å². The molecule has 1 unspecified atom stereocenters. The lowest BCUT2D eigenvalue weighted by Gasteiger charge is -2.43. The van der Waals surface area contributed by atoms with E-state index in [1.807, 2.05) is 0 Å². The number of hydrogen-bond donors (Lipinski definition) is 1. The molecule has 1 amide bonds. The van der Waals surface area contributed by atoms with Crippen LogP contribution in [0.25, 0.3) is 0 Å². The maximum Gasteiger partial charge on any atom is 0.531 e. The van der Waals surface area contributed by atoms with E-state index >= 15 is 0 Å². The van der Waals surface area contributed by atoms with Crippen molar-refractivity contribution in [3.05, 3.63) is 0 Å². The molecule has 0 aromatic rings. The Morgan fingerprint density at radius 1 is 1.44 bits per heavy atom. The van der Waals surface area contributed by atoms with Gasteiger partial charge in [-0.2, -0.15) is 4.79 Å². The first-order chi connectivity index (χ1) is 7.04. The van der Waals surface area contributed by atoms with Crippen molar-refractivity contribution in [3.8, 4) is 0 Å². The van der Waals surface area contributed by atoms with Crippen LogP contribution in [0.2, 0.25) is 0 Å². The average molecular weight is 252 g/mol. The molecule has 0 radical (unpaired) electrons. The molecule has 0 bridgehead atoms. The molecule has 2 atom stereocenters. The number of nitrogens with zero attached hydrogens (tertiary/aromatic N) is 1. The Balaban J connectivity index is 3.38. The minimum atomic E-state index is -4.15. The van der Waals surface area contributed by atoms with Gasteiger partial charge in [0, 0.05) is 6.42 Å². The molecule has 0 aliphatic carbocycles. The Bertz CT molecular complexity index is 397. The van der Waals surface area contributed by atoms with Gasteiger partial charge in [-0.3, -0.25) is 0 Å². The Labute approximate surface area is 95.7 Å². The molecule has 0 aromatic heterocycles. The van der Waals surface area contributed by atoms with Crippen LogP contribution in [0.5, 0.6) is 0 Å². The summed E-state index contributed by atoms with van der Waals surface area (Å²) in [5.74, 6) is 0. The maximum atomic E-state index is 12.0. The third-order valence-corrected chi connectivity index (χ3v) is 5.13. The second kappa shape index (κ2) is 3.68. The number of rotatable bonds is 0. The van der Waals surface area contributed by atoms with E-state index in [1.54, 1.807) is 27.7 Å². The van der Waals surface area contributed by atoms with Gasteiger partial charge in [-0.15, -0.1) is 8.42 Å². The zero-order valence-electron chi connectivity index (χ0n) is 9.93. The molecule has 0 saturated carbocycles. The quantitative estimate of drug-likeness (QED) is 0.658. The van der Waals surface area contributed by atoms with Gasteiger partial charge in [0.2, 0.25) is 0 Å². The first kappa shape index (κ1) is 13.4. The minimum Gasteiger partial charge on any atom is -0.434 e. The fourth-order valence-electron chi connectivity index (χ4n) is 1.95. The molecule has 6 nitrogen and oxygen atoms in total. The molecule has 16 heavy (non-hydrogen) atoms. The Morgan fingerprint density at radius 2 is 1.94 bits per heavy atom. The summed E-state index contributed by atoms with van der Waals surface area (Å²) >= 11 is 0. The highest BCUT2D eigenvalue weighted by Gasteiger charge is 2.61. The smallest absolute Gasteiger partial charge is 0.434 e. The van der Waals surface area contributed by atoms with E-state index in [0.29, 0.717) is 6.42 Å². The number of quaternary nitrogens is 1. The molecule has 7 heteroatoms. The Morgan fingerprint density at radius 3 is 2.25 bits per heavy atom. The number of carboxylic acid groups (broad SMARTS) is 1. The van der Waals surface area contributed by atoms with Crippen LogP contribution >= 0.6 is 0 Å². The maximum absolute atomic E-state index is 12.0. The molecule has 0 spiro atoms. The van der Waals surface area contributed by atoms with Gasteiger partial charge >= 0.3 is 16.4 Å². The first-order valence-electron chi connectivity index (χ1n) is 5.10. The van der Waals surface area contributed by atoms with Gasteiger partial charge in [-0.25, -0.2) is 4.18 Å². The van der Waals surface area contributed by atoms with Crippen molar-refractivity contribution in [1.82, 2.24) is 0 Å². The van der Waals surface area contributed by atoms with Crippen LogP contribution in [0, 0.1) is 0 Å². The van der Waals surface area contributed by atoms with Crippen LogP contribution < -0.4 is 0 Å². The highest BCUT2D eigenvalue weighted by Crippen LogP contribution is 2.36. The fraction of sp³-hybridized carbons (Fsp3) is 0.889. The van der Waals surface area contributed by atoms with Crippen molar-refractivity contribution >= 4 is 16.4 Å². The van der Waals surface area contributed by atoms with E-state index in [0.717, 1.165) is 0 Å². The SMILES string of the molecule is C[C@@H]1CC[N+](C(=O)O)(C(C)(C)C)S(=O)(=O)O1. The molecular formula is C9H18NO5S+. The van der Waals surface area contributed by atoms with E-state index in [2.05, 4.69) is 0 Å². The zero-order chi connectivity index (χ0) is 12.8. The summed E-state index contributed by atoms with van der Waals surface area (Å²) in [6, 6.07) is 0. The predicted molar refractivity (Wildman–Crippen MR) is 57.0 cm³/mol. The lowest BCUT2D eigenvalue weighted by Crippen LogP contribution is -2.69. The van der Waals surface area contributed by atoms with Gasteiger partial charge in [0.15, 0.2) is 0 Å². The second-order valence-corrected chi connectivity index (χ2v) is 6.71. The zero-order valence-corrected chi connectivity index (χ0v) is 10.7. The molecule has 1 N–H and O–H groups in total. The van der Waals surface area contributed by atoms with Crippen molar-refractivity contribution in [1.29, 1.82) is 0 Å². The third kappa shape index (κ3) is 1.72. The van der Waals surface area contributed by atoms with Gasteiger partial charge in [-0.05, 0) is 27.7 Å². The van der Waals surface area contributed by atoms with E-state index in [1.165, 1.54) is 0 Å².